The van der Waals surface area contributed by atoms with Gasteiger partial charge in [0, 0.05) is 22.1 Å². The minimum atomic E-state index is -2.00. The molecular weight excluding hydrogens is 212 g/mol. The van der Waals surface area contributed by atoms with E-state index < -0.39 is 11.1 Å². The van der Waals surface area contributed by atoms with Gasteiger partial charge >= 0.3 is 0 Å². The second kappa shape index (κ2) is 3.52. The molecule has 0 fully saturated rings. The molecule has 0 aromatic heterocycles. The van der Waals surface area contributed by atoms with Crippen molar-refractivity contribution in [3.05, 3.63) is 30.3 Å². The Morgan fingerprint density at radius 3 is 2.20 bits per heavy atom. The molecule has 1 unspecified atom stereocenters. The Labute approximate surface area is 89.2 Å². The van der Waals surface area contributed by atoms with E-state index in [1.54, 1.807) is 30.3 Å². The predicted molar refractivity (Wildman–Crippen MR) is 61.8 cm³/mol. The Bertz CT molecular complexity index is 554. The summed E-state index contributed by atoms with van der Waals surface area (Å²) in [7, 11) is 0. The first-order valence-corrected chi connectivity index (χ1v) is 5.39. The molecule has 15 heavy (non-hydrogen) atoms. The van der Waals surface area contributed by atoms with Gasteiger partial charge in [0.15, 0.2) is 11.1 Å². The van der Waals surface area contributed by atoms with Crippen LogP contribution in [0.15, 0.2) is 35.2 Å². The van der Waals surface area contributed by atoms with Crippen LogP contribution in [0.5, 0.6) is 0 Å². The average molecular weight is 222 g/mol. The first-order valence-electron chi connectivity index (χ1n) is 4.28. The zero-order chi connectivity index (χ0) is 11.0. The molecule has 0 aliphatic heterocycles. The van der Waals surface area contributed by atoms with Crippen LogP contribution in [0.1, 0.15) is 0 Å². The van der Waals surface area contributed by atoms with Crippen LogP contribution < -0.4 is 11.5 Å². The largest absolute Gasteiger partial charge is 0.398 e. The standard InChI is InChI=1S/C10H10N2O2S/c11-9-3-4-10(12)8-5-6(15(13)14)1-2-7(8)9/h1-5H,11-12H2,(H,13,14). The lowest BCUT2D eigenvalue weighted by atomic mass is 10.1. The van der Waals surface area contributed by atoms with Crippen molar-refractivity contribution in [2.75, 3.05) is 11.5 Å². The van der Waals surface area contributed by atoms with E-state index in [0.29, 0.717) is 21.7 Å². The fraction of sp³-hybridized carbons (Fsp3) is 0. The van der Waals surface area contributed by atoms with Crippen molar-refractivity contribution < 1.29 is 8.76 Å². The molecule has 0 aliphatic rings. The molecule has 5 N–H and O–H groups in total. The SMILES string of the molecule is Nc1ccc(N)c2cc(S(=O)O)ccc12. The molecule has 78 valence electrons. The van der Waals surface area contributed by atoms with Crippen molar-refractivity contribution in [1.82, 2.24) is 0 Å². The predicted octanol–water partition coefficient (Wildman–Crippen LogP) is 1.58. The van der Waals surface area contributed by atoms with Gasteiger partial charge in [-0.05, 0) is 24.3 Å². The molecule has 5 heteroatoms. The highest BCUT2D eigenvalue weighted by Gasteiger charge is 2.05. The number of fused-ring (bicyclic) bond motifs is 1. The van der Waals surface area contributed by atoms with E-state index in [-0.39, 0.29) is 0 Å². The number of hydrogen-bond donors (Lipinski definition) is 3. The molecule has 0 amide bonds. The summed E-state index contributed by atoms with van der Waals surface area (Å²) < 4.78 is 19.8. The third-order valence-electron chi connectivity index (χ3n) is 2.26. The highest BCUT2D eigenvalue weighted by molar-refractivity contribution is 7.79. The average Bonchev–Trinajstić information content (AvgIpc) is 2.23. The lowest BCUT2D eigenvalue weighted by Gasteiger charge is -2.06. The van der Waals surface area contributed by atoms with Crippen molar-refractivity contribution in [2.24, 2.45) is 0 Å². The van der Waals surface area contributed by atoms with Crippen molar-refractivity contribution >= 4 is 33.2 Å². The van der Waals surface area contributed by atoms with E-state index in [4.69, 9.17) is 16.0 Å². The molecule has 0 radical (unpaired) electrons. The van der Waals surface area contributed by atoms with Crippen molar-refractivity contribution in [3.8, 4) is 0 Å². The first-order chi connectivity index (χ1) is 7.09. The normalized spacial score (nSPS) is 12.9. The second-order valence-electron chi connectivity index (χ2n) is 3.20. The highest BCUT2D eigenvalue weighted by Crippen LogP contribution is 2.27. The number of hydrogen-bond acceptors (Lipinski definition) is 3. The minimum Gasteiger partial charge on any atom is -0.398 e. The zero-order valence-electron chi connectivity index (χ0n) is 7.81. The van der Waals surface area contributed by atoms with Gasteiger partial charge in [0.1, 0.15) is 0 Å². The van der Waals surface area contributed by atoms with E-state index in [1.165, 1.54) is 0 Å². The Hall–Kier alpha value is -1.59. The summed E-state index contributed by atoms with van der Waals surface area (Å²) in [5.41, 5.74) is 12.7. The number of benzene rings is 2. The molecule has 0 saturated heterocycles. The Morgan fingerprint density at radius 1 is 1.00 bits per heavy atom. The number of nitrogen functional groups attached to an aromatic ring is 2. The van der Waals surface area contributed by atoms with Crippen LogP contribution in [0.25, 0.3) is 10.8 Å². The molecule has 0 saturated carbocycles. The Balaban J connectivity index is 2.81. The van der Waals surface area contributed by atoms with Crippen molar-refractivity contribution in [1.29, 1.82) is 0 Å². The molecule has 1 atom stereocenters. The fourth-order valence-corrected chi connectivity index (χ4v) is 1.88. The van der Waals surface area contributed by atoms with Gasteiger partial charge in [-0.1, -0.05) is 6.07 Å². The molecular formula is C10H10N2O2S. The molecule has 2 aromatic rings. The van der Waals surface area contributed by atoms with Crippen LogP contribution in [0.4, 0.5) is 11.4 Å². The summed E-state index contributed by atoms with van der Waals surface area (Å²) >= 11 is -2.00. The maximum atomic E-state index is 10.9. The molecule has 2 aromatic carbocycles. The van der Waals surface area contributed by atoms with Gasteiger partial charge in [-0.25, -0.2) is 4.21 Å². The monoisotopic (exact) mass is 222 g/mol. The van der Waals surface area contributed by atoms with Gasteiger partial charge in [0.05, 0.1) is 4.90 Å². The molecule has 0 aliphatic carbocycles. The third-order valence-corrected chi connectivity index (χ3v) is 2.91. The maximum Gasteiger partial charge on any atom is 0.186 e. The molecule has 0 heterocycles. The van der Waals surface area contributed by atoms with Gasteiger partial charge in [0.25, 0.3) is 0 Å². The van der Waals surface area contributed by atoms with Crippen LogP contribution in [0.3, 0.4) is 0 Å². The quantitative estimate of drug-likeness (QED) is 0.505. The van der Waals surface area contributed by atoms with Gasteiger partial charge in [-0.2, -0.15) is 0 Å². The summed E-state index contributed by atoms with van der Waals surface area (Å²) in [6, 6.07) is 8.24. The van der Waals surface area contributed by atoms with Gasteiger partial charge in [0.2, 0.25) is 0 Å². The molecule has 0 spiro atoms. The maximum absolute atomic E-state index is 10.9. The second-order valence-corrected chi connectivity index (χ2v) is 4.17. The highest BCUT2D eigenvalue weighted by atomic mass is 32.2. The van der Waals surface area contributed by atoms with E-state index in [9.17, 15) is 4.21 Å². The van der Waals surface area contributed by atoms with Crippen LogP contribution in [0.2, 0.25) is 0 Å². The van der Waals surface area contributed by atoms with Crippen LogP contribution in [0, 0.1) is 0 Å². The Morgan fingerprint density at radius 2 is 1.60 bits per heavy atom. The number of anilines is 2. The summed E-state index contributed by atoms with van der Waals surface area (Å²) in [4.78, 5) is 0.319. The minimum absolute atomic E-state index is 0.319. The first kappa shape index (κ1) is 9.95. The number of nitrogens with two attached hydrogens (primary N) is 2. The van der Waals surface area contributed by atoms with Crippen LogP contribution in [-0.2, 0) is 11.1 Å². The topological polar surface area (TPSA) is 89.3 Å². The lowest BCUT2D eigenvalue weighted by molar-refractivity contribution is 0.564. The van der Waals surface area contributed by atoms with E-state index in [0.717, 1.165) is 5.39 Å². The summed E-state index contributed by atoms with van der Waals surface area (Å²) in [6.45, 7) is 0. The zero-order valence-corrected chi connectivity index (χ0v) is 8.62. The van der Waals surface area contributed by atoms with Crippen molar-refractivity contribution in [3.63, 3.8) is 0 Å². The van der Waals surface area contributed by atoms with Crippen molar-refractivity contribution in [2.45, 2.75) is 4.90 Å². The smallest absolute Gasteiger partial charge is 0.186 e. The molecule has 4 nitrogen and oxygen atoms in total. The van der Waals surface area contributed by atoms with Gasteiger partial charge in [-0.15, -0.1) is 0 Å². The Kier molecular flexibility index (Phi) is 2.34. The number of rotatable bonds is 1. The van der Waals surface area contributed by atoms with E-state index >= 15 is 0 Å². The summed E-state index contributed by atoms with van der Waals surface area (Å²) in [6.07, 6.45) is 0. The summed E-state index contributed by atoms with van der Waals surface area (Å²) in [5.74, 6) is 0. The molecule has 2 rings (SSSR count). The van der Waals surface area contributed by atoms with Gasteiger partial charge < -0.3 is 16.0 Å². The fourth-order valence-electron chi connectivity index (χ4n) is 1.48. The van der Waals surface area contributed by atoms with E-state index in [1.807, 2.05) is 0 Å². The van der Waals surface area contributed by atoms with Gasteiger partial charge in [-0.3, -0.25) is 0 Å². The summed E-state index contributed by atoms with van der Waals surface area (Å²) in [5, 5.41) is 1.50. The van der Waals surface area contributed by atoms with E-state index in [2.05, 4.69) is 0 Å². The lowest BCUT2D eigenvalue weighted by Crippen LogP contribution is -1.94. The third kappa shape index (κ3) is 1.67. The van der Waals surface area contributed by atoms with Crippen LogP contribution >= 0.6 is 0 Å². The molecule has 0 bridgehead atoms. The van der Waals surface area contributed by atoms with Crippen LogP contribution in [-0.4, -0.2) is 8.76 Å².